The molecule has 0 unspecified atom stereocenters. The summed E-state index contributed by atoms with van der Waals surface area (Å²) in [6.07, 6.45) is 0. The highest BCUT2D eigenvalue weighted by atomic mass is 79.9. The van der Waals surface area contributed by atoms with Crippen LogP contribution < -0.4 is 5.32 Å². The lowest BCUT2D eigenvalue weighted by Gasteiger charge is -2.08. The van der Waals surface area contributed by atoms with E-state index >= 15 is 0 Å². The van der Waals surface area contributed by atoms with Gasteiger partial charge in [0.1, 0.15) is 5.82 Å². The maximum Gasteiger partial charge on any atom is 0.125 e. The van der Waals surface area contributed by atoms with Crippen LogP contribution in [0.15, 0.2) is 46.9 Å². The lowest BCUT2D eigenvalue weighted by atomic mass is 10.2. The van der Waals surface area contributed by atoms with Crippen molar-refractivity contribution >= 4 is 27.3 Å². The first kappa shape index (κ1) is 11.6. The molecule has 0 atom stereocenters. The van der Waals surface area contributed by atoms with Gasteiger partial charge in [0.05, 0.1) is 17.3 Å². The number of nitriles is 1. The van der Waals surface area contributed by atoms with E-state index in [1.807, 2.05) is 6.07 Å². The van der Waals surface area contributed by atoms with Gasteiger partial charge >= 0.3 is 0 Å². The van der Waals surface area contributed by atoms with Crippen LogP contribution in [0.5, 0.6) is 0 Å². The Morgan fingerprint density at radius 3 is 2.76 bits per heavy atom. The smallest absolute Gasteiger partial charge is 0.125 e. The van der Waals surface area contributed by atoms with Crippen molar-refractivity contribution in [3.05, 3.63) is 58.3 Å². The van der Waals surface area contributed by atoms with Crippen molar-refractivity contribution in [2.24, 2.45) is 0 Å². The zero-order valence-electron chi connectivity index (χ0n) is 8.74. The minimum absolute atomic E-state index is 0.313. The molecule has 0 radical (unpaired) electrons. The van der Waals surface area contributed by atoms with Crippen molar-refractivity contribution in [3.63, 3.8) is 0 Å². The molecule has 0 bridgehead atoms. The molecule has 0 spiro atoms. The van der Waals surface area contributed by atoms with Gasteiger partial charge in [0.15, 0.2) is 0 Å². The van der Waals surface area contributed by atoms with E-state index in [1.165, 1.54) is 12.1 Å². The Morgan fingerprint density at radius 1 is 1.18 bits per heavy atom. The maximum atomic E-state index is 13.1. The van der Waals surface area contributed by atoms with Gasteiger partial charge in [-0.3, -0.25) is 0 Å². The molecule has 0 aliphatic heterocycles. The van der Waals surface area contributed by atoms with Gasteiger partial charge in [-0.25, -0.2) is 4.39 Å². The molecule has 2 nitrogen and oxygen atoms in total. The Bertz CT molecular complexity index is 590. The second-order valence-corrected chi connectivity index (χ2v) is 4.30. The molecule has 0 heterocycles. The molecule has 0 saturated carbocycles. The molecule has 84 valence electrons. The Labute approximate surface area is 107 Å². The molecule has 1 N–H and O–H groups in total. The summed E-state index contributed by atoms with van der Waals surface area (Å²) in [4.78, 5) is 0. The molecule has 17 heavy (non-hydrogen) atoms. The summed E-state index contributed by atoms with van der Waals surface area (Å²) < 4.78 is 13.8. The number of benzene rings is 2. The average Bonchev–Trinajstić information content (AvgIpc) is 2.34. The van der Waals surface area contributed by atoms with Crippen molar-refractivity contribution in [2.75, 3.05) is 5.32 Å². The zero-order valence-corrected chi connectivity index (χ0v) is 10.3. The molecule has 4 heteroatoms. The van der Waals surface area contributed by atoms with E-state index in [2.05, 4.69) is 27.3 Å². The Kier molecular flexibility index (Phi) is 3.40. The van der Waals surface area contributed by atoms with Gasteiger partial charge in [-0.2, -0.15) is 5.26 Å². The van der Waals surface area contributed by atoms with Crippen LogP contribution in [-0.2, 0) is 0 Å². The molecule has 2 aromatic carbocycles. The molecule has 0 aromatic heterocycles. The highest BCUT2D eigenvalue weighted by Crippen LogP contribution is 2.26. The van der Waals surface area contributed by atoms with Crippen LogP contribution in [0.1, 0.15) is 5.56 Å². The highest BCUT2D eigenvalue weighted by Gasteiger charge is 2.02. The van der Waals surface area contributed by atoms with Crippen LogP contribution in [0.4, 0.5) is 15.8 Å². The fourth-order valence-corrected chi connectivity index (χ4v) is 1.76. The first-order valence-corrected chi connectivity index (χ1v) is 5.70. The molecule has 2 rings (SSSR count). The zero-order chi connectivity index (χ0) is 12.3. The molecule has 0 fully saturated rings. The van der Waals surface area contributed by atoms with Crippen LogP contribution >= 0.6 is 15.9 Å². The van der Waals surface area contributed by atoms with Crippen LogP contribution in [0, 0.1) is 17.1 Å². The van der Waals surface area contributed by atoms with Crippen molar-refractivity contribution in [1.82, 2.24) is 0 Å². The van der Waals surface area contributed by atoms with Gasteiger partial charge in [0.25, 0.3) is 0 Å². The van der Waals surface area contributed by atoms with Crippen LogP contribution in [0.3, 0.4) is 0 Å². The fraction of sp³-hybridized carbons (Fsp3) is 0. The van der Waals surface area contributed by atoms with Gasteiger partial charge < -0.3 is 5.32 Å². The number of anilines is 2. The summed E-state index contributed by atoms with van der Waals surface area (Å²) in [5.74, 6) is -0.313. The Morgan fingerprint density at radius 2 is 2.00 bits per heavy atom. The van der Waals surface area contributed by atoms with E-state index in [0.717, 1.165) is 10.2 Å². The van der Waals surface area contributed by atoms with Gasteiger partial charge in [0, 0.05) is 10.2 Å². The van der Waals surface area contributed by atoms with E-state index < -0.39 is 0 Å². The van der Waals surface area contributed by atoms with Crippen molar-refractivity contribution in [3.8, 4) is 6.07 Å². The predicted octanol–water partition coefficient (Wildman–Crippen LogP) is 4.20. The number of nitrogens with zero attached hydrogens (tertiary/aromatic N) is 1. The normalized spacial score (nSPS) is 9.71. The van der Waals surface area contributed by atoms with Gasteiger partial charge in [-0.05, 0) is 52.3 Å². The lowest BCUT2D eigenvalue weighted by Crippen LogP contribution is -1.92. The van der Waals surface area contributed by atoms with Gasteiger partial charge in [-0.1, -0.05) is 6.07 Å². The molecular formula is C13H8BrFN2. The first-order valence-electron chi connectivity index (χ1n) is 4.91. The highest BCUT2D eigenvalue weighted by molar-refractivity contribution is 9.10. The molecular weight excluding hydrogens is 283 g/mol. The number of hydrogen-bond donors (Lipinski definition) is 1. The summed E-state index contributed by atoms with van der Waals surface area (Å²) in [6, 6.07) is 13.5. The Hall–Kier alpha value is -1.86. The van der Waals surface area contributed by atoms with Crippen LogP contribution in [0.25, 0.3) is 0 Å². The standard InChI is InChI=1S/C13H8BrFN2/c14-12-5-4-10(15)7-13(12)17-11-3-1-2-9(6-11)8-16/h1-7,17H. The summed E-state index contributed by atoms with van der Waals surface area (Å²) in [5.41, 5.74) is 1.93. The molecule has 2 aromatic rings. The number of nitrogens with one attached hydrogen (secondary N) is 1. The van der Waals surface area contributed by atoms with Gasteiger partial charge in [0.2, 0.25) is 0 Å². The SMILES string of the molecule is N#Cc1cccc(Nc2cc(F)ccc2Br)c1. The van der Waals surface area contributed by atoms with Gasteiger partial charge in [-0.15, -0.1) is 0 Å². The van der Waals surface area contributed by atoms with Crippen molar-refractivity contribution in [2.45, 2.75) is 0 Å². The van der Waals surface area contributed by atoms with E-state index in [-0.39, 0.29) is 5.82 Å². The quantitative estimate of drug-likeness (QED) is 0.900. The molecule has 0 amide bonds. The van der Waals surface area contributed by atoms with E-state index in [1.54, 1.807) is 24.3 Å². The largest absolute Gasteiger partial charge is 0.354 e. The topological polar surface area (TPSA) is 35.8 Å². The Balaban J connectivity index is 2.31. The summed E-state index contributed by atoms with van der Waals surface area (Å²) in [7, 11) is 0. The fourth-order valence-electron chi connectivity index (χ4n) is 1.42. The minimum atomic E-state index is -0.313. The summed E-state index contributed by atoms with van der Waals surface area (Å²) in [6.45, 7) is 0. The number of halogens is 2. The molecule has 0 aliphatic carbocycles. The second-order valence-electron chi connectivity index (χ2n) is 3.44. The third-order valence-electron chi connectivity index (χ3n) is 2.20. The van der Waals surface area contributed by atoms with E-state index in [4.69, 9.17) is 5.26 Å². The lowest BCUT2D eigenvalue weighted by molar-refractivity contribution is 0.628. The van der Waals surface area contributed by atoms with Crippen LogP contribution in [0.2, 0.25) is 0 Å². The average molecular weight is 291 g/mol. The first-order chi connectivity index (χ1) is 8.19. The molecule has 0 saturated heterocycles. The third-order valence-corrected chi connectivity index (χ3v) is 2.89. The van der Waals surface area contributed by atoms with Crippen molar-refractivity contribution in [1.29, 1.82) is 5.26 Å². The van der Waals surface area contributed by atoms with Crippen LogP contribution in [-0.4, -0.2) is 0 Å². The third kappa shape index (κ3) is 2.83. The monoisotopic (exact) mass is 290 g/mol. The summed E-state index contributed by atoms with van der Waals surface area (Å²) in [5, 5.41) is 11.8. The number of hydrogen-bond acceptors (Lipinski definition) is 2. The maximum absolute atomic E-state index is 13.1. The summed E-state index contributed by atoms with van der Waals surface area (Å²) >= 11 is 3.33. The second kappa shape index (κ2) is 4.98. The predicted molar refractivity (Wildman–Crippen MR) is 68.5 cm³/mol. The number of rotatable bonds is 2. The van der Waals surface area contributed by atoms with E-state index in [0.29, 0.717) is 11.3 Å². The van der Waals surface area contributed by atoms with E-state index in [9.17, 15) is 4.39 Å². The molecule has 0 aliphatic rings. The van der Waals surface area contributed by atoms with Crippen molar-refractivity contribution < 1.29 is 4.39 Å². The minimum Gasteiger partial charge on any atom is -0.354 e.